The maximum Gasteiger partial charge on any atom is 0.414 e. The molecule has 0 rings (SSSR count). The van der Waals surface area contributed by atoms with Gasteiger partial charge in [-0.15, -0.1) is 0 Å². The molecule has 6 heteroatoms. The van der Waals surface area contributed by atoms with Crippen LogP contribution in [0.2, 0.25) is 0 Å². The first-order chi connectivity index (χ1) is 6.38. The Labute approximate surface area is 79.9 Å². The molecule has 1 unspecified atom stereocenters. The Hall–Kier alpha value is -0.780. The minimum absolute atomic E-state index is 0.0971. The largest absolute Gasteiger partial charge is 0.466 e. The molecule has 0 aromatic heterocycles. The highest BCUT2D eigenvalue weighted by atomic mass is 19.4. The molecule has 1 N–H and O–H groups in total. The van der Waals surface area contributed by atoms with Crippen molar-refractivity contribution < 1.29 is 27.8 Å². The van der Waals surface area contributed by atoms with Crippen LogP contribution in [0, 0.1) is 0 Å². The summed E-state index contributed by atoms with van der Waals surface area (Å²) in [7, 11) is 0. The molecule has 0 aliphatic rings. The number of alkyl halides is 3. The van der Waals surface area contributed by atoms with Crippen LogP contribution in [-0.4, -0.2) is 30.0 Å². The Morgan fingerprint density at radius 2 is 2.07 bits per heavy atom. The Kier molecular flexibility index (Phi) is 5.52. The summed E-state index contributed by atoms with van der Waals surface area (Å²) in [5, 5.41) is 8.49. The maximum atomic E-state index is 11.7. The molecule has 0 amide bonds. The van der Waals surface area contributed by atoms with E-state index in [9.17, 15) is 18.0 Å². The SMILES string of the molecule is CCCCOC(=O)CC(O)C(F)(F)F. The van der Waals surface area contributed by atoms with Gasteiger partial charge in [0.15, 0.2) is 6.10 Å². The summed E-state index contributed by atoms with van der Waals surface area (Å²) >= 11 is 0. The van der Waals surface area contributed by atoms with Gasteiger partial charge in [0, 0.05) is 0 Å². The van der Waals surface area contributed by atoms with Gasteiger partial charge in [-0.2, -0.15) is 13.2 Å². The normalized spacial score (nSPS) is 13.8. The van der Waals surface area contributed by atoms with Crippen molar-refractivity contribution in [3.05, 3.63) is 0 Å². The van der Waals surface area contributed by atoms with E-state index in [1.165, 1.54) is 0 Å². The zero-order valence-electron chi connectivity index (χ0n) is 7.80. The molecule has 0 bridgehead atoms. The van der Waals surface area contributed by atoms with E-state index in [1.54, 1.807) is 0 Å². The highest BCUT2D eigenvalue weighted by Crippen LogP contribution is 2.22. The van der Waals surface area contributed by atoms with Crippen molar-refractivity contribution in [3.8, 4) is 0 Å². The van der Waals surface area contributed by atoms with Gasteiger partial charge in [-0.1, -0.05) is 13.3 Å². The van der Waals surface area contributed by atoms with Crippen molar-refractivity contribution in [3.63, 3.8) is 0 Å². The van der Waals surface area contributed by atoms with E-state index in [0.717, 1.165) is 6.42 Å². The van der Waals surface area contributed by atoms with E-state index in [0.29, 0.717) is 6.42 Å². The number of carbonyl (C=O) groups excluding carboxylic acids is 1. The van der Waals surface area contributed by atoms with E-state index in [-0.39, 0.29) is 6.61 Å². The molecule has 0 aliphatic heterocycles. The van der Waals surface area contributed by atoms with Crippen LogP contribution < -0.4 is 0 Å². The second-order valence-electron chi connectivity index (χ2n) is 2.84. The van der Waals surface area contributed by atoms with Gasteiger partial charge >= 0.3 is 12.1 Å². The third kappa shape index (κ3) is 5.80. The molecule has 0 aromatic carbocycles. The highest BCUT2D eigenvalue weighted by Gasteiger charge is 2.39. The maximum absolute atomic E-state index is 11.7. The summed E-state index contributed by atoms with van der Waals surface area (Å²) in [5.74, 6) is -1.02. The zero-order chi connectivity index (χ0) is 11.2. The lowest BCUT2D eigenvalue weighted by Gasteiger charge is -2.13. The minimum atomic E-state index is -4.76. The van der Waals surface area contributed by atoms with Gasteiger partial charge in [0.2, 0.25) is 0 Å². The molecule has 0 saturated carbocycles. The Balaban J connectivity index is 3.72. The lowest BCUT2D eigenvalue weighted by molar-refractivity contribution is -0.209. The smallest absolute Gasteiger partial charge is 0.414 e. The number of hydrogen-bond acceptors (Lipinski definition) is 3. The minimum Gasteiger partial charge on any atom is -0.466 e. The topological polar surface area (TPSA) is 46.5 Å². The van der Waals surface area contributed by atoms with Crippen molar-refractivity contribution in [1.29, 1.82) is 0 Å². The first kappa shape index (κ1) is 13.2. The molecule has 0 fully saturated rings. The van der Waals surface area contributed by atoms with Crippen molar-refractivity contribution in [2.75, 3.05) is 6.61 Å². The van der Waals surface area contributed by atoms with Crippen LogP contribution in [0.15, 0.2) is 0 Å². The van der Waals surface area contributed by atoms with Crippen molar-refractivity contribution in [2.45, 2.75) is 38.5 Å². The van der Waals surface area contributed by atoms with Gasteiger partial charge in [-0.3, -0.25) is 4.79 Å². The fourth-order valence-electron chi connectivity index (χ4n) is 0.663. The summed E-state index contributed by atoms with van der Waals surface area (Å²) in [5.41, 5.74) is 0. The third-order valence-corrected chi connectivity index (χ3v) is 1.50. The first-order valence-electron chi connectivity index (χ1n) is 4.28. The van der Waals surface area contributed by atoms with Crippen LogP contribution in [0.1, 0.15) is 26.2 Å². The number of aliphatic hydroxyl groups is 1. The number of ether oxygens (including phenoxy) is 1. The molecule has 14 heavy (non-hydrogen) atoms. The average Bonchev–Trinajstić information content (AvgIpc) is 2.03. The predicted octanol–water partition coefficient (Wildman–Crippen LogP) is 1.64. The summed E-state index contributed by atoms with van der Waals surface area (Å²) < 4.78 is 39.7. The van der Waals surface area contributed by atoms with Crippen LogP contribution in [0.3, 0.4) is 0 Å². The van der Waals surface area contributed by atoms with E-state index in [2.05, 4.69) is 4.74 Å². The fraction of sp³-hybridized carbons (Fsp3) is 0.875. The summed E-state index contributed by atoms with van der Waals surface area (Å²) in [6.45, 7) is 1.96. The molecule has 0 saturated heterocycles. The summed E-state index contributed by atoms with van der Waals surface area (Å²) in [6.07, 6.45) is -7.03. The first-order valence-corrected chi connectivity index (χ1v) is 4.28. The number of carbonyl (C=O) groups is 1. The van der Waals surface area contributed by atoms with Gasteiger partial charge in [-0.05, 0) is 6.42 Å². The summed E-state index contributed by atoms with van der Waals surface area (Å²) in [6, 6.07) is 0. The Morgan fingerprint density at radius 3 is 2.50 bits per heavy atom. The fourth-order valence-corrected chi connectivity index (χ4v) is 0.663. The van der Waals surface area contributed by atoms with Crippen LogP contribution in [-0.2, 0) is 9.53 Å². The van der Waals surface area contributed by atoms with Gasteiger partial charge < -0.3 is 9.84 Å². The molecule has 3 nitrogen and oxygen atoms in total. The van der Waals surface area contributed by atoms with Crippen molar-refractivity contribution >= 4 is 5.97 Å². The monoisotopic (exact) mass is 214 g/mol. The number of halogens is 3. The van der Waals surface area contributed by atoms with Gasteiger partial charge in [-0.25, -0.2) is 0 Å². The molecule has 84 valence electrons. The molecule has 0 spiro atoms. The molecule has 0 aliphatic carbocycles. The third-order valence-electron chi connectivity index (χ3n) is 1.50. The number of aliphatic hydroxyl groups excluding tert-OH is 1. The summed E-state index contributed by atoms with van der Waals surface area (Å²) in [4.78, 5) is 10.7. The molecule has 0 radical (unpaired) electrons. The average molecular weight is 214 g/mol. The number of rotatable bonds is 5. The van der Waals surface area contributed by atoms with Crippen molar-refractivity contribution in [2.24, 2.45) is 0 Å². The van der Waals surface area contributed by atoms with Gasteiger partial charge in [0.1, 0.15) is 0 Å². The van der Waals surface area contributed by atoms with Gasteiger partial charge in [0.25, 0.3) is 0 Å². The number of hydrogen-bond donors (Lipinski definition) is 1. The number of unbranched alkanes of at least 4 members (excludes halogenated alkanes) is 1. The van der Waals surface area contributed by atoms with Gasteiger partial charge in [0.05, 0.1) is 13.0 Å². The number of esters is 1. The van der Waals surface area contributed by atoms with E-state index in [4.69, 9.17) is 5.11 Å². The Bertz CT molecular complexity index is 179. The molecule has 0 heterocycles. The second kappa shape index (κ2) is 5.85. The van der Waals surface area contributed by atoms with Crippen LogP contribution >= 0.6 is 0 Å². The van der Waals surface area contributed by atoms with Crippen molar-refractivity contribution in [1.82, 2.24) is 0 Å². The highest BCUT2D eigenvalue weighted by molar-refractivity contribution is 5.70. The van der Waals surface area contributed by atoms with Crippen LogP contribution in [0.5, 0.6) is 0 Å². The Morgan fingerprint density at radius 1 is 1.50 bits per heavy atom. The second-order valence-corrected chi connectivity index (χ2v) is 2.84. The molecular formula is C8H13F3O3. The van der Waals surface area contributed by atoms with Crippen LogP contribution in [0.4, 0.5) is 13.2 Å². The molecular weight excluding hydrogens is 201 g/mol. The van der Waals surface area contributed by atoms with E-state index < -0.39 is 24.7 Å². The van der Waals surface area contributed by atoms with Crippen LogP contribution in [0.25, 0.3) is 0 Å². The standard InChI is InChI=1S/C8H13F3O3/c1-2-3-4-14-7(13)5-6(12)8(9,10)11/h6,12H,2-5H2,1H3. The van der Waals surface area contributed by atoms with E-state index in [1.807, 2.05) is 6.92 Å². The van der Waals surface area contributed by atoms with E-state index >= 15 is 0 Å². The molecule has 1 atom stereocenters. The zero-order valence-corrected chi connectivity index (χ0v) is 7.80. The lowest BCUT2D eigenvalue weighted by atomic mass is 10.2. The predicted molar refractivity (Wildman–Crippen MR) is 42.5 cm³/mol. The molecule has 0 aromatic rings. The lowest BCUT2D eigenvalue weighted by Crippen LogP contribution is -2.31. The quantitative estimate of drug-likeness (QED) is 0.559.